The van der Waals surface area contributed by atoms with E-state index in [0.717, 1.165) is 12.0 Å². The number of carbonyl (C=O) groups is 2. The zero-order chi connectivity index (χ0) is 21.2. The van der Waals surface area contributed by atoms with Crippen LogP contribution < -0.4 is 20.5 Å². The van der Waals surface area contributed by atoms with Crippen molar-refractivity contribution in [1.82, 2.24) is 5.32 Å². The van der Waals surface area contributed by atoms with Gasteiger partial charge >= 0.3 is 0 Å². The normalized spacial score (nSPS) is 11.8. The van der Waals surface area contributed by atoms with Crippen LogP contribution in [0.3, 0.4) is 0 Å². The van der Waals surface area contributed by atoms with Gasteiger partial charge in [-0.05, 0) is 35.8 Å². The Bertz CT molecular complexity index is 869. The molecular formula is C22H25ClN2O4. The van der Waals surface area contributed by atoms with E-state index in [9.17, 15) is 9.59 Å². The largest absolute Gasteiger partial charge is 0.493 e. The van der Waals surface area contributed by atoms with E-state index in [-0.39, 0.29) is 0 Å². The molecule has 0 saturated heterocycles. The molecule has 7 heteroatoms. The molecule has 1 atom stereocenters. The van der Waals surface area contributed by atoms with E-state index in [1.807, 2.05) is 37.3 Å². The topological polar surface area (TPSA) is 90.6 Å². The van der Waals surface area contributed by atoms with Crippen LogP contribution in [-0.2, 0) is 16.0 Å². The van der Waals surface area contributed by atoms with Gasteiger partial charge in [0, 0.05) is 12.5 Å². The van der Waals surface area contributed by atoms with Crippen molar-refractivity contribution in [3.8, 4) is 11.5 Å². The fourth-order valence-corrected chi connectivity index (χ4v) is 2.92. The first kappa shape index (κ1) is 22.3. The second-order valence-electron chi connectivity index (χ2n) is 6.37. The first-order chi connectivity index (χ1) is 13.9. The fraction of sp³-hybridized carbons (Fsp3) is 0.273. The Morgan fingerprint density at radius 2 is 1.97 bits per heavy atom. The molecule has 0 unspecified atom stereocenters. The summed E-state index contributed by atoms with van der Waals surface area (Å²) in [5, 5.41) is 3.01. The molecule has 29 heavy (non-hydrogen) atoms. The average Bonchev–Trinajstić information content (AvgIpc) is 2.71. The monoisotopic (exact) mass is 416 g/mol. The van der Waals surface area contributed by atoms with Crippen molar-refractivity contribution in [2.45, 2.75) is 25.8 Å². The van der Waals surface area contributed by atoms with Crippen LogP contribution >= 0.6 is 11.6 Å². The summed E-state index contributed by atoms with van der Waals surface area (Å²) in [5.74, 6) is -0.0942. The molecule has 2 aromatic carbocycles. The van der Waals surface area contributed by atoms with E-state index in [1.54, 1.807) is 18.2 Å². The van der Waals surface area contributed by atoms with E-state index < -0.39 is 17.9 Å². The number of nitrogens with one attached hydrogen (secondary N) is 1. The summed E-state index contributed by atoms with van der Waals surface area (Å²) >= 11 is 6.28. The standard InChI is InChI=1S/C22H25ClN2O4/c1-3-11-29-21-17(23)12-16(14-19(21)28-2)9-10-20(26)25-18(22(24)27)13-15-7-5-4-6-8-15/h4-10,12,14,18H,3,11,13H2,1-2H3,(H2,24,27)(H,25,26)/b10-9+/t18-/m1/s1. The Morgan fingerprint density at radius 3 is 2.59 bits per heavy atom. The van der Waals surface area contributed by atoms with Crippen LogP contribution in [-0.4, -0.2) is 31.6 Å². The summed E-state index contributed by atoms with van der Waals surface area (Å²) in [5.41, 5.74) is 6.99. The molecule has 0 bridgehead atoms. The molecule has 0 fully saturated rings. The molecule has 0 aliphatic rings. The van der Waals surface area contributed by atoms with Gasteiger partial charge in [0.1, 0.15) is 6.04 Å². The molecule has 0 aliphatic carbocycles. The van der Waals surface area contributed by atoms with Crippen molar-refractivity contribution >= 4 is 29.5 Å². The lowest BCUT2D eigenvalue weighted by Gasteiger charge is -2.14. The lowest BCUT2D eigenvalue weighted by atomic mass is 10.1. The van der Waals surface area contributed by atoms with Crippen molar-refractivity contribution < 1.29 is 19.1 Å². The van der Waals surface area contributed by atoms with Crippen LogP contribution in [0.4, 0.5) is 0 Å². The van der Waals surface area contributed by atoms with Gasteiger partial charge in [-0.25, -0.2) is 0 Å². The van der Waals surface area contributed by atoms with Crippen molar-refractivity contribution in [1.29, 1.82) is 0 Å². The number of hydrogen-bond donors (Lipinski definition) is 2. The minimum atomic E-state index is -0.808. The van der Waals surface area contributed by atoms with E-state index >= 15 is 0 Å². The molecule has 2 rings (SSSR count). The van der Waals surface area contributed by atoms with Crippen molar-refractivity contribution in [3.63, 3.8) is 0 Å². The number of benzene rings is 2. The first-order valence-corrected chi connectivity index (χ1v) is 9.64. The number of ether oxygens (including phenoxy) is 2. The molecule has 2 aromatic rings. The second-order valence-corrected chi connectivity index (χ2v) is 6.78. The second kappa shape index (κ2) is 11.1. The maximum atomic E-state index is 12.3. The van der Waals surface area contributed by atoms with Gasteiger partial charge in [-0.15, -0.1) is 0 Å². The van der Waals surface area contributed by atoms with Gasteiger partial charge in [-0.2, -0.15) is 0 Å². The first-order valence-electron chi connectivity index (χ1n) is 9.26. The molecule has 3 N–H and O–H groups in total. The molecule has 0 saturated carbocycles. The number of carbonyl (C=O) groups excluding carboxylic acids is 2. The molecular weight excluding hydrogens is 392 g/mol. The van der Waals surface area contributed by atoms with E-state index in [0.29, 0.717) is 35.1 Å². The Morgan fingerprint density at radius 1 is 1.24 bits per heavy atom. The predicted octanol–water partition coefficient (Wildman–Crippen LogP) is 3.36. The van der Waals surface area contributed by atoms with E-state index in [2.05, 4.69) is 5.32 Å². The third kappa shape index (κ3) is 6.84. The Balaban J connectivity index is 2.08. The van der Waals surface area contributed by atoms with Crippen LogP contribution in [0.5, 0.6) is 11.5 Å². The third-order valence-electron chi connectivity index (χ3n) is 4.07. The zero-order valence-corrected chi connectivity index (χ0v) is 17.2. The SMILES string of the molecule is CCCOc1c(Cl)cc(/C=C/C(=O)N[C@H](Cc2ccccc2)C(N)=O)cc1OC. The van der Waals surface area contributed by atoms with Crippen LogP contribution in [0.25, 0.3) is 6.08 Å². The molecule has 154 valence electrons. The Labute approximate surface area is 175 Å². The molecule has 0 aliphatic heterocycles. The molecule has 6 nitrogen and oxygen atoms in total. The van der Waals surface area contributed by atoms with Crippen molar-refractivity contribution in [2.24, 2.45) is 5.73 Å². The summed E-state index contributed by atoms with van der Waals surface area (Å²) in [6.45, 7) is 2.51. The fourth-order valence-electron chi connectivity index (χ4n) is 2.64. The predicted molar refractivity (Wildman–Crippen MR) is 114 cm³/mol. The van der Waals surface area contributed by atoms with Crippen molar-refractivity contribution in [3.05, 3.63) is 64.7 Å². The highest BCUT2D eigenvalue weighted by Gasteiger charge is 2.17. The molecule has 0 heterocycles. The van der Waals surface area contributed by atoms with Gasteiger partial charge in [0.25, 0.3) is 0 Å². The Hall–Kier alpha value is -2.99. The minimum Gasteiger partial charge on any atom is -0.493 e. The summed E-state index contributed by atoms with van der Waals surface area (Å²) in [7, 11) is 1.52. The number of nitrogens with two attached hydrogens (primary N) is 1. The summed E-state index contributed by atoms with van der Waals surface area (Å²) < 4.78 is 10.9. The number of halogens is 1. The van der Waals surface area contributed by atoms with Crippen LogP contribution in [0.15, 0.2) is 48.5 Å². The number of primary amides is 1. The summed E-state index contributed by atoms with van der Waals surface area (Å²) in [6, 6.07) is 11.9. The Kier molecular flexibility index (Phi) is 8.55. The maximum absolute atomic E-state index is 12.3. The lowest BCUT2D eigenvalue weighted by Crippen LogP contribution is -2.45. The molecule has 0 radical (unpaired) electrons. The van der Waals surface area contributed by atoms with E-state index in [4.69, 9.17) is 26.8 Å². The van der Waals surface area contributed by atoms with Crippen LogP contribution in [0, 0.1) is 0 Å². The minimum absolute atomic E-state index is 0.318. The number of hydrogen-bond acceptors (Lipinski definition) is 4. The molecule has 0 aromatic heterocycles. The van der Waals surface area contributed by atoms with Gasteiger partial charge in [-0.1, -0.05) is 48.9 Å². The van der Waals surface area contributed by atoms with Gasteiger partial charge < -0.3 is 20.5 Å². The highest BCUT2D eigenvalue weighted by Crippen LogP contribution is 2.36. The molecule has 0 spiro atoms. The summed E-state index contributed by atoms with van der Waals surface area (Å²) in [4.78, 5) is 24.0. The smallest absolute Gasteiger partial charge is 0.244 e. The summed E-state index contributed by atoms with van der Waals surface area (Å²) in [6.07, 6.45) is 4.05. The van der Waals surface area contributed by atoms with Crippen LogP contribution in [0.1, 0.15) is 24.5 Å². The highest BCUT2D eigenvalue weighted by atomic mass is 35.5. The van der Waals surface area contributed by atoms with Gasteiger partial charge in [-0.3, -0.25) is 9.59 Å². The lowest BCUT2D eigenvalue weighted by molar-refractivity contribution is -0.124. The average molecular weight is 417 g/mol. The number of amides is 2. The highest BCUT2D eigenvalue weighted by molar-refractivity contribution is 6.32. The van der Waals surface area contributed by atoms with Crippen LogP contribution in [0.2, 0.25) is 5.02 Å². The zero-order valence-electron chi connectivity index (χ0n) is 16.5. The number of methoxy groups -OCH3 is 1. The quantitative estimate of drug-likeness (QED) is 0.581. The maximum Gasteiger partial charge on any atom is 0.244 e. The third-order valence-corrected chi connectivity index (χ3v) is 4.35. The van der Waals surface area contributed by atoms with Gasteiger partial charge in [0.2, 0.25) is 11.8 Å². The van der Waals surface area contributed by atoms with E-state index in [1.165, 1.54) is 13.2 Å². The van der Waals surface area contributed by atoms with Gasteiger partial charge in [0.15, 0.2) is 11.5 Å². The molecule has 2 amide bonds. The van der Waals surface area contributed by atoms with Crippen molar-refractivity contribution in [2.75, 3.05) is 13.7 Å². The van der Waals surface area contributed by atoms with Gasteiger partial charge in [0.05, 0.1) is 18.7 Å². The number of rotatable bonds is 10.